The van der Waals surface area contributed by atoms with Crippen LogP contribution in [0, 0.1) is 0 Å². The van der Waals surface area contributed by atoms with Crippen LogP contribution in [0.3, 0.4) is 0 Å². The van der Waals surface area contributed by atoms with E-state index in [9.17, 15) is 0 Å². The summed E-state index contributed by atoms with van der Waals surface area (Å²) in [6.07, 6.45) is 6.91. The second kappa shape index (κ2) is 8.18. The van der Waals surface area contributed by atoms with Gasteiger partial charge < -0.3 is 24.5 Å². The van der Waals surface area contributed by atoms with Crippen LogP contribution in [0.2, 0.25) is 0 Å². The Morgan fingerprint density at radius 2 is 1.97 bits per heavy atom. The predicted octanol–water partition coefficient (Wildman–Crippen LogP) is 4.35. The zero-order chi connectivity index (χ0) is 23.1. The fourth-order valence-corrected chi connectivity index (χ4v) is 4.04. The number of hydrogen-bond donors (Lipinski definition) is 2. The molecule has 1 aliphatic heterocycles. The third-order valence-corrected chi connectivity index (χ3v) is 5.66. The number of rotatable bonds is 1. The number of nitrogens with zero attached hydrogens (tertiary/aromatic N) is 4. The normalized spacial score (nSPS) is 15.5. The van der Waals surface area contributed by atoms with E-state index in [1.807, 2.05) is 37.4 Å². The highest BCUT2D eigenvalue weighted by molar-refractivity contribution is 5.99. The molecule has 4 aromatic heterocycles. The summed E-state index contributed by atoms with van der Waals surface area (Å²) in [6.45, 7) is 2.60. The first-order chi connectivity index (χ1) is 16.7. The molecule has 0 saturated heterocycles. The second-order valence-electron chi connectivity index (χ2n) is 8.16. The minimum Gasteiger partial charge on any atom is -0.488 e. The van der Waals surface area contributed by atoms with Crippen molar-refractivity contribution >= 4 is 27.9 Å². The molecule has 0 radical (unpaired) electrons. The standard InChI is InChI=1S/C25H22N6O3/c1-14-12-32-18-5-15(8-27-9-18)13-33-24-22-20(11-29-23(22)30-25(26-2)31-24)16-3-4-21-17(6-16)7-19(34-14)10-28-21/h3-11,14H,12-13H2,1-2H3,(H2,26,29,30,31)/t14-/m1/s1. The monoisotopic (exact) mass is 454 g/mol. The van der Waals surface area contributed by atoms with Crippen molar-refractivity contribution in [2.24, 2.45) is 0 Å². The number of ether oxygens (including phenoxy) is 3. The molecule has 0 unspecified atom stereocenters. The molecule has 1 atom stereocenters. The maximum absolute atomic E-state index is 6.20. The molecule has 9 heteroatoms. The number of H-pyrrole nitrogens is 1. The molecule has 0 fully saturated rings. The van der Waals surface area contributed by atoms with E-state index in [-0.39, 0.29) is 12.7 Å². The summed E-state index contributed by atoms with van der Waals surface area (Å²) in [5.41, 5.74) is 4.36. The van der Waals surface area contributed by atoms with Crippen molar-refractivity contribution in [3.8, 4) is 28.5 Å². The average molecular weight is 454 g/mol. The summed E-state index contributed by atoms with van der Waals surface area (Å²) in [7, 11) is 1.78. The zero-order valence-electron chi connectivity index (χ0n) is 18.7. The van der Waals surface area contributed by atoms with Crippen molar-refractivity contribution < 1.29 is 14.2 Å². The molecule has 5 bridgehead atoms. The van der Waals surface area contributed by atoms with Gasteiger partial charge in [0.15, 0.2) is 0 Å². The number of benzene rings is 1. The van der Waals surface area contributed by atoms with Crippen molar-refractivity contribution in [3.63, 3.8) is 0 Å². The van der Waals surface area contributed by atoms with Crippen LogP contribution in [0.1, 0.15) is 12.5 Å². The van der Waals surface area contributed by atoms with Crippen molar-refractivity contribution in [3.05, 3.63) is 60.7 Å². The van der Waals surface area contributed by atoms with Crippen LogP contribution in [0.5, 0.6) is 17.4 Å². The van der Waals surface area contributed by atoms with E-state index in [0.29, 0.717) is 35.6 Å². The lowest BCUT2D eigenvalue weighted by Gasteiger charge is -2.16. The Bertz CT molecular complexity index is 1520. The van der Waals surface area contributed by atoms with E-state index in [0.717, 1.165) is 33.0 Å². The molecule has 5 heterocycles. The summed E-state index contributed by atoms with van der Waals surface area (Å²) in [5.74, 6) is 2.27. The van der Waals surface area contributed by atoms with E-state index in [4.69, 9.17) is 14.2 Å². The van der Waals surface area contributed by atoms with E-state index in [2.05, 4.69) is 36.3 Å². The smallest absolute Gasteiger partial charge is 0.228 e. The fourth-order valence-electron chi connectivity index (χ4n) is 4.04. The van der Waals surface area contributed by atoms with Gasteiger partial charge in [-0.3, -0.25) is 9.97 Å². The minimum absolute atomic E-state index is 0.179. The predicted molar refractivity (Wildman–Crippen MR) is 128 cm³/mol. The molecule has 9 nitrogen and oxygen atoms in total. The Morgan fingerprint density at radius 3 is 2.88 bits per heavy atom. The number of fused-ring (bicyclic) bond motifs is 5. The quantitative estimate of drug-likeness (QED) is 0.385. The molecule has 2 N–H and O–H groups in total. The van der Waals surface area contributed by atoms with Gasteiger partial charge in [-0.05, 0) is 36.8 Å². The zero-order valence-corrected chi connectivity index (χ0v) is 18.7. The summed E-state index contributed by atoms with van der Waals surface area (Å²) >= 11 is 0. The van der Waals surface area contributed by atoms with Gasteiger partial charge in [0.1, 0.15) is 36.5 Å². The topological polar surface area (TPSA) is 107 Å². The van der Waals surface area contributed by atoms with Gasteiger partial charge in [-0.25, -0.2) is 0 Å². The Balaban J connectivity index is 1.54. The highest BCUT2D eigenvalue weighted by Gasteiger charge is 2.17. The third kappa shape index (κ3) is 3.71. The highest BCUT2D eigenvalue weighted by Crippen LogP contribution is 2.36. The van der Waals surface area contributed by atoms with Gasteiger partial charge in [0.2, 0.25) is 11.8 Å². The van der Waals surface area contributed by atoms with Gasteiger partial charge >= 0.3 is 0 Å². The number of anilines is 1. The Labute approximate surface area is 195 Å². The maximum atomic E-state index is 6.20. The van der Waals surface area contributed by atoms with Crippen molar-refractivity contribution in [2.75, 3.05) is 19.0 Å². The number of pyridine rings is 2. The molecule has 0 amide bonds. The molecule has 6 rings (SSSR count). The summed E-state index contributed by atoms with van der Waals surface area (Å²) in [6, 6.07) is 10.0. The molecular weight excluding hydrogens is 432 g/mol. The Kier molecular flexibility index (Phi) is 4.87. The van der Waals surface area contributed by atoms with Crippen molar-refractivity contribution in [2.45, 2.75) is 19.6 Å². The fraction of sp³-hybridized carbons (Fsp3) is 0.200. The van der Waals surface area contributed by atoms with Gasteiger partial charge in [-0.2, -0.15) is 9.97 Å². The lowest BCUT2D eigenvalue weighted by Crippen LogP contribution is -2.21. The van der Waals surface area contributed by atoms with Gasteiger partial charge in [0.05, 0.1) is 23.3 Å². The van der Waals surface area contributed by atoms with E-state index >= 15 is 0 Å². The number of hydrogen-bond acceptors (Lipinski definition) is 8. The first-order valence-electron chi connectivity index (χ1n) is 11.0. The lowest BCUT2D eigenvalue weighted by atomic mass is 10.0. The van der Waals surface area contributed by atoms with Crippen LogP contribution < -0.4 is 19.5 Å². The van der Waals surface area contributed by atoms with Gasteiger partial charge in [-0.15, -0.1) is 0 Å². The average Bonchev–Trinajstić information content (AvgIpc) is 3.29. The minimum atomic E-state index is -0.179. The van der Waals surface area contributed by atoms with Crippen LogP contribution in [0.4, 0.5) is 5.95 Å². The number of nitrogens with one attached hydrogen (secondary N) is 2. The molecule has 34 heavy (non-hydrogen) atoms. The van der Waals surface area contributed by atoms with Gasteiger partial charge in [0, 0.05) is 36.0 Å². The van der Waals surface area contributed by atoms with Gasteiger partial charge in [-0.1, -0.05) is 6.07 Å². The molecule has 1 aliphatic rings. The van der Waals surface area contributed by atoms with Crippen LogP contribution >= 0.6 is 0 Å². The van der Waals surface area contributed by atoms with Crippen LogP contribution in [-0.2, 0) is 6.61 Å². The summed E-state index contributed by atoms with van der Waals surface area (Å²) in [4.78, 5) is 21.3. The van der Waals surface area contributed by atoms with E-state index in [1.165, 1.54) is 0 Å². The van der Waals surface area contributed by atoms with Crippen LogP contribution in [0.15, 0.2) is 55.1 Å². The molecule has 0 saturated carbocycles. The first kappa shape index (κ1) is 20.2. The van der Waals surface area contributed by atoms with Crippen LogP contribution in [0.25, 0.3) is 33.1 Å². The van der Waals surface area contributed by atoms with Crippen molar-refractivity contribution in [1.82, 2.24) is 24.9 Å². The molecule has 0 aliphatic carbocycles. The third-order valence-electron chi connectivity index (χ3n) is 5.66. The Hall–Kier alpha value is -4.40. The molecular formula is C25H22N6O3. The van der Waals surface area contributed by atoms with Crippen LogP contribution in [-0.4, -0.2) is 44.7 Å². The number of aromatic nitrogens is 5. The summed E-state index contributed by atoms with van der Waals surface area (Å²) in [5, 5.41) is 4.77. The Morgan fingerprint density at radius 1 is 1.03 bits per heavy atom. The first-order valence-corrected chi connectivity index (χ1v) is 11.0. The molecule has 1 aromatic carbocycles. The lowest BCUT2D eigenvalue weighted by molar-refractivity contribution is 0.142. The maximum Gasteiger partial charge on any atom is 0.228 e. The molecule has 0 spiro atoms. The number of aromatic amines is 1. The SMILES string of the molecule is CNc1nc2c3c(c[nH]c3n1)-c1ccc3ncc(cc3c1)O[C@H](C)COc1cncc(c1)CO2. The highest BCUT2D eigenvalue weighted by atomic mass is 16.5. The van der Waals surface area contributed by atoms with Crippen molar-refractivity contribution in [1.29, 1.82) is 0 Å². The van der Waals surface area contributed by atoms with E-state index in [1.54, 1.807) is 25.6 Å². The molecule has 170 valence electrons. The van der Waals surface area contributed by atoms with Gasteiger partial charge in [0.25, 0.3) is 0 Å². The largest absolute Gasteiger partial charge is 0.488 e. The van der Waals surface area contributed by atoms with E-state index < -0.39 is 0 Å². The second-order valence-corrected chi connectivity index (χ2v) is 8.16. The molecule has 5 aromatic rings. The summed E-state index contributed by atoms with van der Waals surface area (Å²) < 4.78 is 18.2.